The third-order valence-corrected chi connectivity index (χ3v) is 3.42. The molecule has 1 rings (SSSR count). The summed E-state index contributed by atoms with van der Waals surface area (Å²) in [7, 11) is 0. The third-order valence-electron chi connectivity index (χ3n) is 3.42. The summed E-state index contributed by atoms with van der Waals surface area (Å²) in [4.78, 5) is 24.9. The van der Waals surface area contributed by atoms with Gasteiger partial charge < -0.3 is 20.1 Å². The normalized spacial score (nSPS) is 19.9. The first-order valence-electron chi connectivity index (χ1n) is 7.33. The Hall–Kier alpha value is -1.30. The van der Waals surface area contributed by atoms with Crippen molar-refractivity contribution in [2.45, 2.75) is 52.2 Å². The molecule has 0 aliphatic carbocycles. The van der Waals surface area contributed by atoms with Gasteiger partial charge in [-0.3, -0.25) is 0 Å². The van der Waals surface area contributed by atoms with Crippen LogP contribution in [0.2, 0.25) is 0 Å². The van der Waals surface area contributed by atoms with Gasteiger partial charge in [0.2, 0.25) is 0 Å². The lowest BCUT2D eigenvalue weighted by molar-refractivity contribution is -0.139. The molecule has 6 heteroatoms. The highest BCUT2D eigenvalue weighted by Gasteiger charge is 2.26. The van der Waals surface area contributed by atoms with E-state index in [1.165, 1.54) is 0 Å². The highest BCUT2D eigenvalue weighted by atomic mass is 16.5. The standard InChI is InChI=1S/C14H26N2O4/c1-4-16(9-11-6-5-7-20-11)14(19)15-12(13(17)18)8-10(2)3/h10-12H,4-9H2,1-3H3,(H,15,19)(H,17,18)/t11?,12-/m0/s1. The van der Waals surface area contributed by atoms with Gasteiger partial charge in [-0.25, -0.2) is 9.59 Å². The molecule has 1 aliphatic heterocycles. The van der Waals surface area contributed by atoms with Gasteiger partial charge in [0.25, 0.3) is 0 Å². The second-order valence-corrected chi connectivity index (χ2v) is 5.64. The Morgan fingerprint density at radius 1 is 1.45 bits per heavy atom. The minimum absolute atomic E-state index is 0.0778. The number of urea groups is 1. The predicted molar refractivity (Wildman–Crippen MR) is 75.6 cm³/mol. The first-order valence-corrected chi connectivity index (χ1v) is 7.33. The number of carbonyl (C=O) groups is 2. The molecule has 116 valence electrons. The molecule has 2 atom stereocenters. The average molecular weight is 286 g/mol. The first kappa shape index (κ1) is 16.8. The van der Waals surface area contributed by atoms with Crippen LogP contribution < -0.4 is 5.32 Å². The maximum atomic E-state index is 12.2. The Kier molecular flexibility index (Phi) is 6.78. The van der Waals surface area contributed by atoms with E-state index in [0.29, 0.717) is 19.5 Å². The molecule has 0 radical (unpaired) electrons. The van der Waals surface area contributed by atoms with Gasteiger partial charge in [-0.15, -0.1) is 0 Å². The minimum Gasteiger partial charge on any atom is -0.480 e. The molecule has 0 spiro atoms. The number of hydrogen-bond acceptors (Lipinski definition) is 3. The molecule has 0 saturated carbocycles. The van der Waals surface area contributed by atoms with E-state index in [1.807, 2.05) is 20.8 Å². The number of likely N-dealkylation sites (N-methyl/N-ethyl adjacent to an activating group) is 1. The van der Waals surface area contributed by atoms with Crippen molar-refractivity contribution in [3.05, 3.63) is 0 Å². The molecular formula is C14H26N2O4. The summed E-state index contributed by atoms with van der Waals surface area (Å²) < 4.78 is 5.51. The molecule has 1 heterocycles. The molecule has 1 unspecified atom stereocenters. The number of hydrogen-bond donors (Lipinski definition) is 2. The highest BCUT2D eigenvalue weighted by Crippen LogP contribution is 2.13. The molecule has 0 aromatic carbocycles. The smallest absolute Gasteiger partial charge is 0.326 e. The average Bonchev–Trinajstić information content (AvgIpc) is 2.87. The van der Waals surface area contributed by atoms with Crippen molar-refractivity contribution in [2.75, 3.05) is 19.7 Å². The van der Waals surface area contributed by atoms with Crippen molar-refractivity contribution in [3.63, 3.8) is 0 Å². The van der Waals surface area contributed by atoms with Crippen LogP contribution in [-0.2, 0) is 9.53 Å². The number of ether oxygens (including phenoxy) is 1. The van der Waals surface area contributed by atoms with Crippen LogP contribution in [-0.4, -0.2) is 53.8 Å². The predicted octanol–water partition coefficient (Wildman–Crippen LogP) is 1.70. The Balaban J connectivity index is 2.53. The van der Waals surface area contributed by atoms with Crippen LogP contribution >= 0.6 is 0 Å². The SMILES string of the molecule is CCN(CC1CCCO1)C(=O)N[C@@H](CC(C)C)C(=O)O. The lowest BCUT2D eigenvalue weighted by Gasteiger charge is -2.26. The van der Waals surface area contributed by atoms with E-state index < -0.39 is 12.0 Å². The number of rotatable bonds is 7. The number of nitrogens with one attached hydrogen (secondary N) is 1. The van der Waals surface area contributed by atoms with E-state index in [0.717, 1.165) is 19.4 Å². The van der Waals surface area contributed by atoms with Crippen LogP contribution in [0, 0.1) is 5.92 Å². The summed E-state index contributed by atoms with van der Waals surface area (Å²) in [5.74, 6) is -0.773. The van der Waals surface area contributed by atoms with Gasteiger partial charge in [0.05, 0.1) is 6.10 Å². The second-order valence-electron chi connectivity index (χ2n) is 5.64. The summed E-state index contributed by atoms with van der Waals surface area (Å²) >= 11 is 0. The van der Waals surface area contributed by atoms with Crippen molar-refractivity contribution in [2.24, 2.45) is 5.92 Å². The lowest BCUT2D eigenvalue weighted by Crippen LogP contribution is -2.50. The maximum Gasteiger partial charge on any atom is 0.326 e. The largest absolute Gasteiger partial charge is 0.480 e. The minimum atomic E-state index is -0.986. The number of carboxylic acid groups (broad SMARTS) is 1. The van der Waals surface area contributed by atoms with E-state index in [4.69, 9.17) is 9.84 Å². The van der Waals surface area contributed by atoms with Gasteiger partial charge in [-0.05, 0) is 32.1 Å². The summed E-state index contributed by atoms with van der Waals surface area (Å²) in [6.45, 7) is 7.57. The fraction of sp³-hybridized carbons (Fsp3) is 0.857. The summed E-state index contributed by atoms with van der Waals surface area (Å²) in [5, 5.41) is 11.8. The number of aliphatic carboxylic acids is 1. The molecule has 1 aliphatic rings. The molecule has 0 aromatic heterocycles. The zero-order chi connectivity index (χ0) is 15.1. The molecular weight excluding hydrogens is 260 g/mol. The Labute approximate surface area is 120 Å². The van der Waals surface area contributed by atoms with Crippen molar-refractivity contribution in [3.8, 4) is 0 Å². The van der Waals surface area contributed by atoms with Crippen molar-refractivity contribution in [1.29, 1.82) is 0 Å². The molecule has 0 aromatic rings. The van der Waals surface area contributed by atoms with E-state index in [2.05, 4.69) is 5.32 Å². The van der Waals surface area contributed by atoms with Gasteiger partial charge >= 0.3 is 12.0 Å². The van der Waals surface area contributed by atoms with Crippen LogP contribution in [0.25, 0.3) is 0 Å². The van der Waals surface area contributed by atoms with Crippen molar-refractivity contribution in [1.82, 2.24) is 10.2 Å². The molecule has 1 fully saturated rings. The van der Waals surface area contributed by atoms with E-state index in [9.17, 15) is 9.59 Å². The zero-order valence-electron chi connectivity index (χ0n) is 12.6. The number of carbonyl (C=O) groups excluding carboxylic acids is 1. The van der Waals surface area contributed by atoms with E-state index in [-0.39, 0.29) is 18.1 Å². The number of carboxylic acids is 1. The van der Waals surface area contributed by atoms with Crippen LogP contribution in [0.15, 0.2) is 0 Å². The van der Waals surface area contributed by atoms with Crippen LogP contribution in [0.1, 0.15) is 40.0 Å². The summed E-state index contributed by atoms with van der Waals surface area (Å²) in [6.07, 6.45) is 2.49. The van der Waals surface area contributed by atoms with E-state index in [1.54, 1.807) is 4.90 Å². The molecule has 2 amide bonds. The second kappa shape index (κ2) is 8.09. The monoisotopic (exact) mass is 286 g/mol. The lowest BCUT2D eigenvalue weighted by atomic mass is 10.0. The molecule has 1 saturated heterocycles. The van der Waals surface area contributed by atoms with Gasteiger partial charge in [0.15, 0.2) is 0 Å². The van der Waals surface area contributed by atoms with Crippen LogP contribution in [0.3, 0.4) is 0 Å². The van der Waals surface area contributed by atoms with Gasteiger partial charge in [0.1, 0.15) is 6.04 Å². The summed E-state index contributed by atoms with van der Waals surface area (Å²) in [5.41, 5.74) is 0. The van der Waals surface area contributed by atoms with Crippen molar-refractivity contribution >= 4 is 12.0 Å². The number of nitrogens with zero attached hydrogens (tertiary/aromatic N) is 1. The Morgan fingerprint density at radius 3 is 2.60 bits per heavy atom. The Bertz CT molecular complexity index is 327. The van der Waals surface area contributed by atoms with Crippen LogP contribution in [0.5, 0.6) is 0 Å². The maximum absolute atomic E-state index is 12.2. The fourth-order valence-corrected chi connectivity index (χ4v) is 2.32. The number of amides is 2. The van der Waals surface area contributed by atoms with E-state index >= 15 is 0 Å². The topological polar surface area (TPSA) is 78.9 Å². The quantitative estimate of drug-likeness (QED) is 0.746. The third kappa shape index (κ3) is 5.36. The zero-order valence-corrected chi connectivity index (χ0v) is 12.6. The summed E-state index contributed by atoms with van der Waals surface area (Å²) in [6, 6.07) is -1.16. The molecule has 6 nitrogen and oxygen atoms in total. The van der Waals surface area contributed by atoms with Crippen LogP contribution in [0.4, 0.5) is 4.79 Å². The fourth-order valence-electron chi connectivity index (χ4n) is 2.32. The highest BCUT2D eigenvalue weighted by molar-refractivity contribution is 5.82. The van der Waals surface area contributed by atoms with Gasteiger partial charge in [-0.1, -0.05) is 13.8 Å². The Morgan fingerprint density at radius 2 is 2.15 bits per heavy atom. The van der Waals surface area contributed by atoms with Crippen molar-refractivity contribution < 1.29 is 19.4 Å². The molecule has 0 bridgehead atoms. The van der Waals surface area contributed by atoms with Gasteiger partial charge in [0, 0.05) is 19.7 Å². The first-order chi connectivity index (χ1) is 9.43. The molecule has 20 heavy (non-hydrogen) atoms. The molecule has 2 N–H and O–H groups in total. The van der Waals surface area contributed by atoms with Gasteiger partial charge in [-0.2, -0.15) is 0 Å².